The highest BCUT2D eigenvalue weighted by molar-refractivity contribution is 5.91. The van der Waals surface area contributed by atoms with Gasteiger partial charge in [0.15, 0.2) is 11.5 Å². The van der Waals surface area contributed by atoms with Crippen molar-refractivity contribution in [2.24, 2.45) is 11.7 Å². The van der Waals surface area contributed by atoms with Crippen LogP contribution in [0.4, 0.5) is 0 Å². The van der Waals surface area contributed by atoms with Gasteiger partial charge >= 0.3 is 0 Å². The van der Waals surface area contributed by atoms with Crippen molar-refractivity contribution in [2.45, 2.75) is 18.4 Å². The van der Waals surface area contributed by atoms with Crippen LogP contribution in [0.15, 0.2) is 78.9 Å². The molecule has 0 aromatic heterocycles. The number of nitrogens with two attached hydrogens (primary N) is 1. The van der Waals surface area contributed by atoms with Crippen LogP contribution in [0.25, 0.3) is 0 Å². The summed E-state index contributed by atoms with van der Waals surface area (Å²) < 4.78 is 10.9. The number of likely N-dealkylation sites (tertiary alicyclic amines) is 1. The molecule has 3 aromatic rings. The van der Waals surface area contributed by atoms with Crippen LogP contribution in [-0.2, 0) is 16.8 Å². The second kappa shape index (κ2) is 8.08. The molecule has 5 heteroatoms. The van der Waals surface area contributed by atoms with Crippen molar-refractivity contribution >= 4 is 5.91 Å². The first-order valence-corrected chi connectivity index (χ1v) is 10.7. The van der Waals surface area contributed by atoms with E-state index in [0.29, 0.717) is 0 Å². The van der Waals surface area contributed by atoms with E-state index in [-0.39, 0.29) is 18.6 Å². The molecule has 158 valence electrons. The normalized spacial score (nSPS) is 18.3. The third kappa shape index (κ3) is 3.45. The minimum absolute atomic E-state index is 0.0869. The number of benzene rings is 3. The summed E-state index contributed by atoms with van der Waals surface area (Å²) in [5.74, 6) is 1.39. The van der Waals surface area contributed by atoms with Crippen molar-refractivity contribution in [3.05, 3.63) is 95.6 Å². The van der Waals surface area contributed by atoms with Crippen LogP contribution < -0.4 is 15.2 Å². The number of primary amides is 1. The molecular formula is C26H26N2O3. The lowest BCUT2D eigenvalue weighted by Crippen LogP contribution is -2.49. The van der Waals surface area contributed by atoms with E-state index in [9.17, 15) is 4.79 Å². The summed E-state index contributed by atoms with van der Waals surface area (Å²) in [7, 11) is 0. The van der Waals surface area contributed by atoms with E-state index >= 15 is 0 Å². The molecule has 1 atom stereocenters. The number of ether oxygens (including phenoxy) is 2. The zero-order chi connectivity index (χ0) is 21.3. The van der Waals surface area contributed by atoms with E-state index < -0.39 is 5.41 Å². The van der Waals surface area contributed by atoms with Gasteiger partial charge in [0.25, 0.3) is 0 Å². The van der Waals surface area contributed by atoms with E-state index in [0.717, 1.165) is 48.7 Å². The number of rotatable bonds is 6. The highest BCUT2D eigenvalue weighted by Gasteiger charge is 2.49. The summed E-state index contributed by atoms with van der Waals surface area (Å²) in [5, 5.41) is 0. The molecule has 0 bridgehead atoms. The van der Waals surface area contributed by atoms with E-state index in [2.05, 4.69) is 11.0 Å². The Morgan fingerprint density at radius 2 is 1.58 bits per heavy atom. The second-order valence-electron chi connectivity index (χ2n) is 8.31. The van der Waals surface area contributed by atoms with Gasteiger partial charge in [-0.3, -0.25) is 9.69 Å². The van der Waals surface area contributed by atoms with Gasteiger partial charge in [-0.2, -0.15) is 0 Å². The Bertz CT molecular complexity index is 1030. The first-order valence-electron chi connectivity index (χ1n) is 10.7. The van der Waals surface area contributed by atoms with Gasteiger partial charge in [0, 0.05) is 13.1 Å². The molecule has 2 aliphatic rings. The van der Waals surface area contributed by atoms with Crippen LogP contribution in [0.5, 0.6) is 11.5 Å². The summed E-state index contributed by atoms with van der Waals surface area (Å²) in [4.78, 5) is 15.6. The number of hydrogen-bond donors (Lipinski definition) is 1. The van der Waals surface area contributed by atoms with Crippen LogP contribution in [0.2, 0.25) is 0 Å². The first-order chi connectivity index (χ1) is 15.2. The van der Waals surface area contributed by atoms with Crippen molar-refractivity contribution in [1.82, 2.24) is 4.90 Å². The SMILES string of the molecule is NC(=O)C(c1ccccc1)(c1ccccc1)C1CCN(Cc2ccc3c(c2)OCO3)C1. The van der Waals surface area contributed by atoms with E-state index in [1.54, 1.807) is 0 Å². The Morgan fingerprint density at radius 1 is 0.935 bits per heavy atom. The molecule has 2 heterocycles. The fourth-order valence-corrected chi connectivity index (χ4v) is 5.15. The second-order valence-corrected chi connectivity index (χ2v) is 8.31. The third-order valence-corrected chi connectivity index (χ3v) is 6.57. The molecule has 2 aliphatic heterocycles. The van der Waals surface area contributed by atoms with Crippen LogP contribution in [-0.4, -0.2) is 30.7 Å². The maximum atomic E-state index is 13.2. The van der Waals surface area contributed by atoms with Crippen molar-refractivity contribution in [3.8, 4) is 11.5 Å². The molecule has 1 unspecified atom stereocenters. The zero-order valence-corrected chi connectivity index (χ0v) is 17.4. The van der Waals surface area contributed by atoms with Crippen LogP contribution >= 0.6 is 0 Å². The van der Waals surface area contributed by atoms with Gasteiger partial charge in [-0.1, -0.05) is 66.7 Å². The Hall–Kier alpha value is -3.31. The molecule has 0 saturated carbocycles. The quantitative estimate of drug-likeness (QED) is 0.668. The molecule has 5 rings (SSSR count). The van der Waals surface area contributed by atoms with Crippen LogP contribution in [0.3, 0.4) is 0 Å². The standard InChI is InChI=1S/C26H26N2O3/c27-25(29)26(20-7-3-1-4-8-20,21-9-5-2-6-10-21)22-13-14-28(17-22)16-19-11-12-23-24(15-19)31-18-30-23/h1-12,15,22H,13-14,16-18H2,(H2,27,29). The van der Waals surface area contributed by atoms with E-state index in [1.165, 1.54) is 5.56 Å². The highest BCUT2D eigenvalue weighted by atomic mass is 16.7. The van der Waals surface area contributed by atoms with Gasteiger partial charge in [0.05, 0.1) is 0 Å². The van der Waals surface area contributed by atoms with Crippen LogP contribution in [0, 0.1) is 5.92 Å². The lowest BCUT2D eigenvalue weighted by Gasteiger charge is -2.37. The average molecular weight is 415 g/mol. The summed E-state index contributed by atoms with van der Waals surface area (Å²) in [5.41, 5.74) is 8.43. The lowest BCUT2D eigenvalue weighted by atomic mass is 9.64. The Morgan fingerprint density at radius 3 is 2.23 bits per heavy atom. The maximum absolute atomic E-state index is 13.2. The number of hydrogen-bond acceptors (Lipinski definition) is 4. The van der Waals surface area contributed by atoms with Crippen molar-refractivity contribution in [2.75, 3.05) is 19.9 Å². The van der Waals surface area contributed by atoms with Gasteiger partial charge in [0.1, 0.15) is 5.41 Å². The van der Waals surface area contributed by atoms with Gasteiger partial charge < -0.3 is 15.2 Å². The Kier molecular flexibility index (Phi) is 5.12. The molecule has 0 radical (unpaired) electrons. The van der Waals surface area contributed by atoms with Crippen molar-refractivity contribution in [1.29, 1.82) is 0 Å². The molecule has 5 nitrogen and oxygen atoms in total. The van der Waals surface area contributed by atoms with Crippen LogP contribution in [0.1, 0.15) is 23.1 Å². The number of carbonyl (C=O) groups excluding carboxylic acids is 1. The lowest BCUT2D eigenvalue weighted by molar-refractivity contribution is -0.123. The predicted octanol–water partition coefficient (Wildman–Crippen LogP) is 3.71. The molecule has 3 aromatic carbocycles. The maximum Gasteiger partial charge on any atom is 0.232 e. The topological polar surface area (TPSA) is 64.8 Å². The summed E-state index contributed by atoms with van der Waals surface area (Å²) in [6, 6.07) is 26.1. The summed E-state index contributed by atoms with van der Waals surface area (Å²) >= 11 is 0. The van der Waals surface area contributed by atoms with E-state index in [1.807, 2.05) is 72.8 Å². The fraction of sp³-hybridized carbons (Fsp3) is 0.269. The molecule has 0 aliphatic carbocycles. The molecule has 2 N–H and O–H groups in total. The van der Waals surface area contributed by atoms with Crippen molar-refractivity contribution in [3.63, 3.8) is 0 Å². The molecule has 1 fully saturated rings. The predicted molar refractivity (Wildman–Crippen MR) is 119 cm³/mol. The number of carbonyl (C=O) groups is 1. The molecular weight excluding hydrogens is 388 g/mol. The number of fused-ring (bicyclic) bond motifs is 1. The zero-order valence-electron chi connectivity index (χ0n) is 17.4. The number of amides is 1. The molecule has 1 amide bonds. The highest BCUT2D eigenvalue weighted by Crippen LogP contribution is 2.44. The van der Waals surface area contributed by atoms with E-state index in [4.69, 9.17) is 15.2 Å². The molecule has 1 saturated heterocycles. The van der Waals surface area contributed by atoms with Gasteiger partial charge in [-0.15, -0.1) is 0 Å². The molecule has 0 spiro atoms. The summed E-state index contributed by atoms with van der Waals surface area (Å²) in [6.45, 7) is 2.78. The first kappa shape index (κ1) is 19.6. The van der Waals surface area contributed by atoms with Gasteiger partial charge in [-0.05, 0) is 47.7 Å². The average Bonchev–Trinajstić information content (AvgIpc) is 3.45. The van der Waals surface area contributed by atoms with Crippen molar-refractivity contribution < 1.29 is 14.3 Å². The Labute approximate surface area is 182 Å². The summed E-state index contributed by atoms with van der Waals surface area (Å²) in [6.07, 6.45) is 0.900. The smallest absolute Gasteiger partial charge is 0.232 e. The minimum Gasteiger partial charge on any atom is -0.454 e. The monoisotopic (exact) mass is 414 g/mol. The fourth-order valence-electron chi connectivity index (χ4n) is 5.15. The van der Waals surface area contributed by atoms with Gasteiger partial charge in [0.2, 0.25) is 12.7 Å². The number of nitrogens with zero attached hydrogens (tertiary/aromatic N) is 1. The minimum atomic E-state index is -0.855. The Balaban J connectivity index is 1.46. The largest absolute Gasteiger partial charge is 0.454 e. The molecule has 31 heavy (non-hydrogen) atoms. The third-order valence-electron chi connectivity index (χ3n) is 6.57. The van der Waals surface area contributed by atoms with Gasteiger partial charge in [-0.25, -0.2) is 0 Å².